The Bertz CT molecular complexity index is 728. The second-order valence-electron chi connectivity index (χ2n) is 8.06. The zero-order valence-corrected chi connectivity index (χ0v) is 19.5. The summed E-state index contributed by atoms with van der Waals surface area (Å²) in [5.41, 5.74) is 10.6. The lowest BCUT2D eigenvalue weighted by atomic mass is 10.0. The van der Waals surface area contributed by atoms with Gasteiger partial charge < -0.3 is 37.8 Å². The van der Waals surface area contributed by atoms with Gasteiger partial charge in [0, 0.05) is 6.92 Å². The molecule has 0 radical (unpaired) electrons. The van der Waals surface area contributed by atoms with Gasteiger partial charge in [0.15, 0.2) is 0 Å². The van der Waals surface area contributed by atoms with Gasteiger partial charge in [-0.25, -0.2) is 0 Å². The van der Waals surface area contributed by atoms with Crippen LogP contribution in [0.3, 0.4) is 0 Å². The van der Waals surface area contributed by atoms with Crippen LogP contribution in [0.15, 0.2) is 0 Å². The largest absolute Gasteiger partial charge is 0.481 e. The topological polar surface area (TPSA) is 223 Å². The predicted molar refractivity (Wildman–Crippen MR) is 118 cm³/mol. The minimum atomic E-state index is -1.45. The SMILES string of the molecule is CC(=O)N[C@@H](CCCCN)C(=O)N[C@H](C)C(=O)N[C@@H](C(=O)N[C@@H](CC(=O)O)C(N)=O)C(C)C. The van der Waals surface area contributed by atoms with Crippen molar-refractivity contribution in [2.24, 2.45) is 17.4 Å². The van der Waals surface area contributed by atoms with E-state index in [9.17, 15) is 28.8 Å². The van der Waals surface area contributed by atoms with Crippen LogP contribution < -0.4 is 32.7 Å². The number of carboxylic acid groups (broad SMARTS) is 1. The number of carbonyl (C=O) groups excluding carboxylic acids is 5. The monoisotopic (exact) mass is 472 g/mol. The summed E-state index contributed by atoms with van der Waals surface area (Å²) in [6.07, 6.45) is 0.897. The van der Waals surface area contributed by atoms with Crippen LogP contribution in [0.4, 0.5) is 0 Å². The normalized spacial score (nSPS) is 14.4. The summed E-state index contributed by atoms with van der Waals surface area (Å²) in [5.74, 6) is -5.24. The lowest BCUT2D eigenvalue weighted by Crippen LogP contribution is -2.58. The molecule has 0 bridgehead atoms. The van der Waals surface area contributed by atoms with E-state index in [4.69, 9.17) is 16.6 Å². The highest BCUT2D eigenvalue weighted by molar-refractivity contribution is 5.95. The third-order valence-corrected chi connectivity index (χ3v) is 4.68. The van der Waals surface area contributed by atoms with Crippen molar-refractivity contribution >= 4 is 35.5 Å². The number of nitrogens with two attached hydrogens (primary N) is 2. The zero-order chi connectivity index (χ0) is 25.7. The Morgan fingerprint density at radius 3 is 1.88 bits per heavy atom. The van der Waals surface area contributed by atoms with Gasteiger partial charge in [-0.15, -0.1) is 0 Å². The summed E-state index contributed by atoms with van der Waals surface area (Å²) in [4.78, 5) is 71.4. The first-order valence-corrected chi connectivity index (χ1v) is 10.7. The molecule has 0 aromatic carbocycles. The van der Waals surface area contributed by atoms with E-state index in [1.54, 1.807) is 13.8 Å². The van der Waals surface area contributed by atoms with E-state index in [0.717, 1.165) is 0 Å². The Morgan fingerprint density at radius 2 is 1.42 bits per heavy atom. The molecule has 5 amide bonds. The van der Waals surface area contributed by atoms with Crippen molar-refractivity contribution in [3.63, 3.8) is 0 Å². The van der Waals surface area contributed by atoms with E-state index in [2.05, 4.69) is 21.3 Å². The maximum absolute atomic E-state index is 12.6. The molecule has 0 heterocycles. The average Bonchev–Trinajstić information content (AvgIpc) is 2.69. The van der Waals surface area contributed by atoms with Gasteiger partial charge >= 0.3 is 5.97 Å². The lowest BCUT2D eigenvalue weighted by Gasteiger charge is -2.26. The molecule has 0 aliphatic carbocycles. The van der Waals surface area contributed by atoms with E-state index >= 15 is 0 Å². The Morgan fingerprint density at radius 1 is 0.818 bits per heavy atom. The molecule has 9 N–H and O–H groups in total. The summed E-state index contributed by atoms with van der Waals surface area (Å²) in [6, 6.07) is -4.47. The molecule has 0 spiro atoms. The summed E-state index contributed by atoms with van der Waals surface area (Å²) in [7, 11) is 0. The van der Waals surface area contributed by atoms with Gasteiger partial charge in [-0.05, 0) is 38.6 Å². The van der Waals surface area contributed by atoms with Gasteiger partial charge in [-0.3, -0.25) is 28.8 Å². The van der Waals surface area contributed by atoms with Crippen molar-refractivity contribution in [1.82, 2.24) is 21.3 Å². The quantitative estimate of drug-likeness (QED) is 0.128. The highest BCUT2D eigenvalue weighted by atomic mass is 16.4. The van der Waals surface area contributed by atoms with Crippen molar-refractivity contribution in [1.29, 1.82) is 0 Å². The number of carbonyl (C=O) groups is 6. The summed E-state index contributed by atoms with van der Waals surface area (Å²) in [5, 5.41) is 18.6. The molecule has 4 atom stereocenters. The fourth-order valence-corrected chi connectivity index (χ4v) is 2.86. The second kappa shape index (κ2) is 14.8. The third-order valence-electron chi connectivity index (χ3n) is 4.68. The smallest absolute Gasteiger partial charge is 0.305 e. The minimum Gasteiger partial charge on any atom is -0.481 e. The lowest BCUT2D eigenvalue weighted by molar-refractivity contribution is -0.140. The Kier molecular flexibility index (Phi) is 13.3. The Hall–Kier alpha value is -3.22. The number of nitrogens with one attached hydrogen (secondary N) is 4. The third kappa shape index (κ3) is 11.8. The standard InChI is InChI=1S/C20H36N6O7/c1-10(2)16(20(33)25-14(17(22)30)9-15(28)29)26-18(31)11(3)23-19(32)13(24-12(4)27)7-5-6-8-21/h10-11,13-14,16H,5-9,21H2,1-4H3,(H2,22,30)(H,23,32)(H,24,27)(H,25,33)(H,26,31)(H,28,29)/t11-,13+,14+,16-/m1/s1. The van der Waals surface area contributed by atoms with Crippen LogP contribution in [0.25, 0.3) is 0 Å². The Labute approximate surface area is 192 Å². The van der Waals surface area contributed by atoms with E-state index in [1.807, 2.05) is 0 Å². The van der Waals surface area contributed by atoms with Gasteiger partial charge in [-0.2, -0.15) is 0 Å². The van der Waals surface area contributed by atoms with Gasteiger partial charge in [0.2, 0.25) is 29.5 Å². The van der Waals surface area contributed by atoms with Crippen molar-refractivity contribution in [2.45, 2.75) is 77.5 Å². The molecule has 0 aromatic rings. The van der Waals surface area contributed by atoms with Gasteiger partial charge in [0.05, 0.1) is 6.42 Å². The molecule has 0 fully saturated rings. The number of carboxylic acids is 1. The Balaban J connectivity index is 5.17. The highest BCUT2D eigenvalue weighted by Crippen LogP contribution is 2.05. The average molecular weight is 473 g/mol. The van der Waals surface area contributed by atoms with Crippen LogP contribution in [0, 0.1) is 5.92 Å². The van der Waals surface area contributed by atoms with Gasteiger partial charge in [0.1, 0.15) is 24.2 Å². The van der Waals surface area contributed by atoms with Crippen LogP contribution in [0.2, 0.25) is 0 Å². The maximum atomic E-state index is 12.6. The zero-order valence-electron chi connectivity index (χ0n) is 19.5. The minimum absolute atomic E-state index is 0.339. The van der Waals surface area contributed by atoms with E-state index < -0.39 is 72.0 Å². The van der Waals surface area contributed by atoms with Crippen LogP contribution in [-0.4, -0.2) is 71.3 Å². The molecule has 0 saturated carbocycles. The molecular weight excluding hydrogens is 436 g/mol. The molecule has 0 rings (SSSR count). The first-order chi connectivity index (χ1) is 15.3. The molecule has 0 unspecified atom stereocenters. The van der Waals surface area contributed by atoms with Crippen molar-refractivity contribution < 1.29 is 33.9 Å². The molecule has 0 aliphatic rings. The van der Waals surface area contributed by atoms with Crippen molar-refractivity contribution in [3.8, 4) is 0 Å². The molecule has 13 nitrogen and oxygen atoms in total. The van der Waals surface area contributed by atoms with Crippen molar-refractivity contribution in [3.05, 3.63) is 0 Å². The number of unbranched alkanes of at least 4 members (excludes halogenated alkanes) is 1. The number of aliphatic carboxylic acids is 1. The fourth-order valence-electron chi connectivity index (χ4n) is 2.86. The van der Waals surface area contributed by atoms with E-state index in [1.165, 1.54) is 13.8 Å². The molecule has 0 aliphatic heterocycles. The van der Waals surface area contributed by atoms with Gasteiger partial charge in [-0.1, -0.05) is 13.8 Å². The molecular formula is C20H36N6O7. The number of primary amides is 1. The predicted octanol–water partition coefficient (Wildman–Crippen LogP) is -2.29. The number of rotatable bonds is 15. The molecule has 13 heteroatoms. The number of hydrogen-bond donors (Lipinski definition) is 7. The van der Waals surface area contributed by atoms with Crippen LogP contribution in [0.1, 0.15) is 53.4 Å². The summed E-state index contributed by atoms with van der Waals surface area (Å²) >= 11 is 0. The number of amides is 5. The maximum Gasteiger partial charge on any atom is 0.305 e. The van der Waals surface area contributed by atoms with Gasteiger partial charge in [0.25, 0.3) is 0 Å². The van der Waals surface area contributed by atoms with Crippen LogP contribution in [-0.2, 0) is 28.8 Å². The fraction of sp³-hybridized carbons (Fsp3) is 0.700. The van der Waals surface area contributed by atoms with E-state index in [-0.39, 0.29) is 0 Å². The van der Waals surface area contributed by atoms with E-state index in [0.29, 0.717) is 25.8 Å². The summed E-state index contributed by atoms with van der Waals surface area (Å²) in [6.45, 7) is 6.39. The van der Waals surface area contributed by atoms with Crippen LogP contribution >= 0.6 is 0 Å². The molecule has 33 heavy (non-hydrogen) atoms. The number of hydrogen-bond acceptors (Lipinski definition) is 7. The first-order valence-electron chi connectivity index (χ1n) is 10.7. The second-order valence-corrected chi connectivity index (χ2v) is 8.06. The molecule has 0 aromatic heterocycles. The molecule has 0 saturated heterocycles. The highest BCUT2D eigenvalue weighted by Gasteiger charge is 2.31. The molecule has 188 valence electrons. The summed E-state index contributed by atoms with van der Waals surface area (Å²) < 4.78 is 0. The van der Waals surface area contributed by atoms with Crippen molar-refractivity contribution in [2.75, 3.05) is 6.54 Å². The first kappa shape index (κ1) is 29.8. The van der Waals surface area contributed by atoms with Crippen LogP contribution in [0.5, 0.6) is 0 Å².